The standard InChI is InChI=1S/C25H26N6O2S2/c1-4-14-31-22(21(16(2)3)28-23(33)17-10-6-5-7-11-17)29-30-25(31)34-15-20(32)27-24-26-18-12-8-9-13-19(18)35-24/h4-13,16,21H,1,14-15H2,2-3H3,(H,28,33)(H,26,27,32)/t21-/m1/s1. The van der Waals surface area contributed by atoms with Crippen LogP contribution in [0.2, 0.25) is 0 Å². The Bertz CT molecular complexity index is 1300. The maximum atomic E-state index is 12.8. The van der Waals surface area contributed by atoms with Gasteiger partial charge < -0.3 is 15.2 Å². The molecule has 0 aliphatic carbocycles. The lowest BCUT2D eigenvalue weighted by atomic mass is 10.0. The van der Waals surface area contributed by atoms with Crippen molar-refractivity contribution in [3.63, 3.8) is 0 Å². The van der Waals surface area contributed by atoms with Crippen LogP contribution in [0.25, 0.3) is 10.2 Å². The number of hydrogen-bond donors (Lipinski definition) is 2. The number of aromatic nitrogens is 4. The predicted molar refractivity (Wildman–Crippen MR) is 141 cm³/mol. The van der Waals surface area contributed by atoms with Crippen LogP contribution in [0.15, 0.2) is 72.4 Å². The van der Waals surface area contributed by atoms with E-state index in [4.69, 9.17) is 0 Å². The second-order valence-corrected chi connectivity index (χ2v) is 10.1. The van der Waals surface area contributed by atoms with Crippen molar-refractivity contribution in [2.75, 3.05) is 11.1 Å². The zero-order valence-electron chi connectivity index (χ0n) is 19.5. The molecule has 0 spiro atoms. The van der Waals surface area contributed by atoms with Gasteiger partial charge in [0.2, 0.25) is 5.91 Å². The Morgan fingerprint density at radius 1 is 1.11 bits per heavy atom. The minimum atomic E-state index is -0.360. The molecule has 10 heteroatoms. The summed E-state index contributed by atoms with van der Waals surface area (Å²) in [7, 11) is 0. The maximum absolute atomic E-state index is 12.8. The average molecular weight is 507 g/mol. The highest BCUT2D eigenvalue weighted by Gasteiger charge is 2.26. The van der Waals surface area contributed by atoms with E-state index in [1.54, 1.807) is 18.2 Å². The fourth-order valence-electron chi connectivity index (χ4n) is 3.49. The molecule has 0 saturated heterocycles. The molecular formula is C25H26N6O2S2. The van der Waals surface area contributed by atoms with Crippen LogP contribution in [0.4, 0.5) is 5.13 Å². The quantitative estimate of drug-likeness (QED) is 0.234. The molecule has 1 atom stereocenters. The van der Waals surface area contributed by atoms with Crippen LogP contribution in [-0.4, -0.2) is 37.3 Å². The number of carbonyl (C=O) groups excluding carboxylic acids is 2. The zero-order chi connectivity index (χ0) is 24.8. The van der Waals surface area contributed by atoms with Gasteiger partial charge in [-0.1, -0.05) is 73.4 Å². The summed E-state index contributed by atoms with van der Waals surface area (Å²) < 4.78 is 2.90. The van der Waals surface area contributed by atoms with E-state index in [9.17, 15) is 9.59 Å². The molecule has 0 unspecified atom stereocenters. The lowest BCUT2D eigenvalue weighted by Gasteiger charge is -2.22. The van der Waals surface area contributed by atoms with Gasteiger partial charge in [-0.05, 0) is 30.2 Å². The van der Waals surface area contributed by atoms with E-state index < -0.39 is 0 Å². The first kappa shape index (κ1) is 24.6. The van der Waals surface area contributed by atoms with Crippen molar-refractivity contribution in [2.45, 2.75) is 31.6 Å². The summed E-state index contributed by atoms with van der Waals surface area (Å²) in [5, 5.41) is 15.8. The highest BCUT2D eigenvalue weighted by atomic mass is 32.2. The van der Waals surface area contributed by atoms with E-state index >= 15 is 0 Å². The van der Waals surface area contributed by atoms with Gasteiger partial charge in [-0.2, -0.15) is 0 Å². The summed E-state index contributed by atoms with van der Waals surface area (Å²) in [5.41, 5.74) is 1.43. The first-order chi connectivity index (χ1) is 17.0. The van der Waals surface area contributed by atoms with Crippen LogP contribution in [-0.2, 0) is 11.3 Å². The minimum absolute atomic E-state index is 0.0654. The average Bonchev–Trinajstić information content (AvgIpc) is 3.45. The van der Waals surface area contributed by atoms with E-state index in [-0.39, 0.29) is 29.5 Å². The number of anilines is 1. The molecular weight excluding hydrogens is 480 g/mol. The number of fused-ring (bicyclic) bond motifs is 1. The molecule has 180 valence electrons. The number of hydrogen-bond acceptors (Lipinski definition) is 7. The van der Waals surface area contributed by atoms with Crippen molar-refractivity contribution in [3.8, 4) is 0 Å². The number of rotatable bonds is 10. The largest absolute Gasteiger partial charge is 0.342 e. The van der Waals surface area contributed by atoms with Crippen LogP contribution < -0.4 is 10.6 Å². The lowest BCUT2D eigenvalue weighted by Crippen LogP contribution is -2.33. The molecule has 0 aliphatic heterocycles. The Labute approximate surface area is 211 Å². The molecule has 0 fully saturated rings. The third-order valence-corrected chi connectivity index (χ3v) is 7.12. The van der Waals surface area contributed by atoms with Crippen molar-refractivity contribution in [3.05, 3.63) is 78.6 Å². The maximum Gasteiger partial charge on any atom is 0.251 e. The lowest BCUT2D eigenvalue weighted by molar-refractivity contribution is -0.113. The summed E-state index contributed by atoms with van der Waals surface area (Å²) in [4.78, 5) is 29.8. The van der Waals surface area contributed by atoms with Crippen molar-refractivity contribution in [1.29, 1.82) is 0 Å². The minimum Gasteiger partial charge on any atom is -0.342 e. The molecule has 2 heterocycles. The Balaban J connectivity index is 1.47. The summed E-state index contributed by atoms with van der Waals surface area (Å²) in [6, 6.07) is 16.4. The zero-order valence-corrected chi connectivity index (χ0v) is 21.1. The van der Waals surface area contributed by atoms with Gasteiger partial charge in [0.05, 0.1) is 22.0 Å². The molecule has 8 nitrogen and oxygen atoms in total. The Morgan fingerprint density at radius 3 is 2.57 bits per heavy atom. The number of para-hydroxylation sites is 1. The van der Waals surface area contributed by atoms with Crippen LogP contribution >= 0.6 is 23.1 Å². The molecule has 0 radical (unpaired) electrons. The van der Waals surface area contributed by atoms with Gasteiger partial charge in [0, 0.05) is 12.1 Å². The van der Waals surface area contributed by atoms with Crippen LogP contribution in [0, 0.1) is 5.92 Å². The molecule has 2 aromatic carbocycles. The summed E-state index contributed by atoms with van der Waals surface area (Å²) >= 11 is 2.71. The molecule has 0 saturated carbocycles. The molecule has 2 aromatic heterocycles. The van der Waals surface area contributed by atoms with Crippen LogP contribution in [0.1, 0.15) is 36.1 Å². The van der Waals surface area contributed by atoms with Crippen molar-refractivity contribution >= 4 is 50.3 Å². The van der Waals surface area contributed by atoms with E-state index in [0.29, 0.717) is 28.2 Å². The van der Waals surface area contributed by atoms with Crippen LogP contribution in [0.5, 0.6) is 0 Å². The van der Waals surface area contributed by atoms with Crippen molar-refractivity contribution in [1.82, 2.24) is 25.1 Å². The molecule has 0 aliphatic rings. The number of allylic oxidation sites excluding steroid dienone is 1. The first-order valence-electron chi connectivity index (χ1n) is 11.1. The molecule has 35 heavy (non-hydrogen) atoms. The molecule has 2 amide bonds. The number of benzene rings is 2. The van der Waals surface area contributed by atoms with Gasteiger partial charge in [-0.15, -0.1) is 16.8 Å². The van der Waals surface area contributed by atoms with E-state index in [1.165, 1.54) is 23.1 Å². The van der Waals surface area contributed by atoms with Crippen molar-refractivity contribution in [2.24, 2.45) is 5.92 Å². The van der Waals surface area contributed by atoms with Gasteiger partial charge in [-0.3, -0.25) is 9.59 Å². The second kappa shape index (κ2) is 11.3. The second-order valence-electron chi connectivity index (χ2n) is 8.12. The molecule has 4 rings (SSSR count). The smallest absolute Gasteiger partial charge is 0.251 e. The van der Waals surface area contributed by atoms with Crippen molar-refractivity contribution < 1.29 is 9.59 Å². The number of nitrogens with one attached hydrogen (secondary N) is 2. The first-order valence-corrected chi connectivity index (χ1v) is 12.9. The number of carbonyl (C=O) groups is 2. The van der Waals surface area contributed by atoms with Gasteiger partial charge in [0.15, 0.2) is 16.1 Å². The molecule has 2 N–H and O–H groups in total. The normalized spacial score (nSPS) is 12.0. The Kier molecular flexibility index (Phi) is 7.94. The topological polar surface area (TPSA) is 102 Å². The highest BCUT2D eigenvalue weighted by molar-refractivity contribution is 7.99. The molecule has 4 aromatic rings. The highest BCUT2D eigenvalue weighted by Crippen LogP contribution is 2.27. The van der Waals surface area contributed by atoms with E-state index in [1.807, 2.05) is 60.9 Å². The third-order valence-electron chi connectivity index (χ3n) is 5.20. The molecule has 0 bridgehead atoms. The van der Waals surface area contributed by atoms with E-state index in [0.717, 1.165) is 10.2 Å². The van der Waals surface area contributed by atoms with E-state index in [2.05, 4.69) is 32.4 Å². The van der Waals surface area contributed by atoms with Gasteiger partial charge >= 0.3 is 0 Å². The van der Waals surface area contributed by atoms with Gasteiger partial charge in [0.25, 0.3) is 5.91 Å². The fraction of sp³-hybridized carbons (Fsp3) is 0.240. The Hall–Kier alpha value is -3.50. The van der Waals surface area contributed by atoms with Gasteiger partial charge in [0.1, 0.15) is 0 Å². The number of thiazole rings is 1. The fourth-order valence-corrected chi connectivity index (χ4v) is 5.13. The SMILES string of the molecule is C=CCn1c(SCC(=O)Nc2nc3ccccc3s2)nnc1[C@H](NC(=O)c1ccccc1)C(C)C. The monoisotopic (exact) mass is 506 g/mol. The number of amides is 2. The summed E-state index contributed by atoms with van der Waals surface area (Å²) in [6.07, 6.45) is 1.74. The van der Waals surface area contributed by atoms with Gasteiger partial charge in [-0.25, -0.2) is 4.98 Å². The summed E-state index contributed by atoms with van der Waals surface area (Å²) in [6.45, 7) is 8.33. The number of nitrogens with zero attached hydrogens (tertiary/aromatic N) is 4. The summed E-state index contributed by atoms with van der Waals surface area (Å²) in [5.74, 6) is 0.478. The van der Waals surface area contributed by atoms with Crippen LogP contribution in [0.3, 0.4) is 0 Å². The third kappa shape index (κ3) is 5.95. The Morgan fingerprint density at radius 2 is 1.86 bits per heavy atom. The number of thioether (sulfide) groups is 1. The predicted octanol–water partition coefficient (Wildman–Crippen LogP) is 4.93.